The van der Waals surface area contributed by atoms with Gasteiger partial charge in [0.2, 0.25) is 0 Å². The van der Waals surface area contributed by atoms with Crippen LogP contribution in [-0.2, 0) is 9.13 Å². The third kappa shape index (κ3) is 1.41. The predicted octanol–water partition coefficient (Wildman–Crippen LogP) is 7.69. The van der Waals surface area contributed by atoms with E-state index in [1.165, 1.54) is 22.3 Å². The quantitative estimate of drug-likeness (QED) is 0.430. The van der Waals surface area contributed by atoms with E-state index in [2.05, 4.69) is 69.2 Å². The van der Waals surface area contributed by atoms with Gasteiger partial charge in [-0.25, -0.2) is 0 Å². The number of rotatable bonds is 1. The summed E-state index contributed by atoms with van der Waals surface area (Å²) in [4.78, 5) is 0. The van der Waals surface area contributed by atoms with Crippen molar-refractivity contribution in [3.63, 3.8) is 0 Å². The Labute approximate surface area is 158 Å². The summed E-state index contributed by atoms with van der Waals surface area (Å²) in [6.07, 6.45) is 0. The van der Waals surface area contributed by atoms with Crippen LogP contribution in [0.4, 0.5) is 0 Å². The maximum absolute atomic E-state index is 14.5. The highest BCUT2D eigenvalue weighted by Gasteiger charge is 2.68. The second-order valence-corrected chi connectivity index (χ2v) is 15.9. The molecule has 0 aromatic rings. The van der Waals surface area contributed by atoms with Gasteiger partial charge in [0.25, 0.3) is 0 Å². The second-order valence-electron chi connectivity index (χ2n) is 9.44. The standard InChI is InChI=1S/C22H32O2P2/c1-11-15(5)25(23)17(7)21(11,9)13(3)19(25)20-14(4)22(10)12(2)16(6)26(20,24)18(22)8/h17-18H,1-10H3/t17?,18?,21-,22-,25?,26?/m0/s1. The fourth-order valence-corrected chi connectivity index (χ4v) is 16.4. The van der Waals surface area contributed by atoms with Gasteiger partial charge < -0.3 is 9.13 Å². The van der Waals surface area contributed by atoms with Crippen LogP contribution < -0.4 is 0 Å². The molecule has 0 N–H and O–H groups in total. The van der Waals surface area contributed by atoms with Gasteiger partial charge in [0.05, 0.1) is 0 Å². The lowest BCUT2D eigenvalue weighted by Crippen LogP contribution is -2.24. The van der Waals surface area contributed by atoms with E-state index in [-0.39, 0.29) is 22.1 Å². The van der Waals surface area contributed by atoms with Gasteiger partial charge in [0.1, 0.15) is 14.3 Å². The lowest BCUT2D eigenvalue weighted by Gasteiger charge is -2.32. The first-order valence-electron chi connectivity index (χ1n) is 9.76. The molecule has 26 heavy (non-hydrogen) atoms. The van der Waals surface area contributed by atoms with Crippen LogP contribution in [0.1, 0.15) is 69.2 Å². The topological polar surface area (TPSA) is 34.1 Å². The zero-order valence-corrected chi connectivity index (χ0v) is 19.7. The molecule has 0 spiro atoms. The fourth-order valence-electron chi connectivity index (χ4n) is 6.76. The molecular formula is C22H32O2P2. The molecule has 0 aromatic carbocycles. The number of hydrogen-bond donors (Lipinski definition) is 0. The smallest absolute Gasteiger partial charge is 0.143 e. The summed E-state index contributed by atoms with van der Waals surface area (Å²) in [7, 11) is -5.40. The first kappa shape index (κ1) is 18.8. The summed E-state index contributed by atoms with van der Waals surface area (Å²) in [6.45, 7) is 21.5. The zero-order chi connectivity index (χ0) is 19.8. The molecule has 0 aromatic heterocycles. The summed E-state index contributed by atoms with van der Waals surface area (Å²) >= 11 is 0. The monoisotopic (exact) mass is 390 g/mol. The lowest BCUT2D eigenvalue weighted by molar-refractivity contribution is 0.477. The molecule has 0 saturated carbocycles. The average molecular weight is 390 g/mol. The van der Waals surface area contributed by atoms with Gasteiger partial charge in [-0.3, -0.25) is 0 Å². The SMILES string of the molecule is CC1=C(C)P2(=O)C(C3=C(C)[C@]4(C)C(C)=C(C)P3(=O)C4C)=C(C)[C@@]1(C)C2C. The van der Waals surface area contributed by atoms with Crippen LogP contribution >= 0.6 is 14.3 Å². The molecule has 0 amide bonds. The predicted molar refractivity (Wildman–Crippen MR) is 112 cm³/mol. The van der Waals surface area contributed by atoms with Gasteiger partial charge in [-0.2, -0.15) is 0 Å². The summed E-state index contributed by atoms with van der Waals surface area (Å²) in [5.74, 6) is 0. The van der Waals surface area contributed by atoms with Crippen LogP contribution in [-0.4, -0.2) is 11.3 Å². The molecular weight excluding hydrogens is 358 g/mol. The fraction of sp³-hybridized carbons (Fsp3) is 0.636. The third-order valence-electron chi connectivity index (χ3n) is 9.56. The van der Waals surface area contributed by atoms with Gasteiger partial charge in [0.15, 0.2) is 0 Å². The van der Waals surface area contributed by atoms with Crippen LogP contribution in [0.25, 0.3) is 0 Å². The van der Waals surface area contributed by atoms with Crippen molar-refractivity contribution in [2.45, 2.75) is 80.6 Å². The molecule has 4 aliphatic rings. The van der Waals surface area contributed by atoms with Gasteiger partial charge in [-0.15, -0.1) is 0 Å². The van der Waals surface area contributed by atoms with E-state index in [0.29, 0.717) is 0 Å². The van der Waals surface area contributed by atoms with Crippen molar-refractivity contribution < 1.29 is 9.13 Å². The highest BCUT2D eigenvalue weighted by Crippen LogP contribution is 2.91. The molecule has 142 valence electrons. The number of allylic oxidation sites excluding steroid dienone is 8. The van der Waals surface area contributed by atoms with E-state index < -0.39 is 14.3 Å². The summed E-state index contributed by atoms with van der Waals surface area (Å²) < 4.78 is 29.0. The normalized spacial score (nSPS) is 50.2. The van der Waals surface area contributed by atoms with Gasteiger partial charge >= 0.3 is 0 Å². The van der Waals surface area contributed by atoms with Crippen molar-refractivity contribution in [2.75, 3.05) is 0 Å². The summed E-state index contributed by atoms with van der Waals surface area (Å²) in [6, 6.07) is 0. The van der Waals surface area contributed by atoms with Crippen molar-refractivity contribution in [1.29, 1.82) is 0 Å². The minimum Gasteiger partial charge on any atom is -0.314 e. The Kier molecular flexibility index (Phi) is 3.39. The lowest BCUT2D eigenvalue weighted by atomic mass is 9.72. The summed E-state index contributed by atoms with van der Waals surface area (Å²) in [5.41, 5.74) is 4.86. The average Bonchev–Trinajstić information content (AvgIpc) is 2.97. The summed E-state index contributed by atoms with van der Waals surface area (Å²) in [5, 5.41) is 4.14. The molecule has 0 saturated heterocycles. The molecule has 4 aliphatic heterocycles. The van der Waals surface area contributed by atoms with Crippen LogP contribution in [0.3, 0.4) is 0 Å². The minimum atomic E-state index is -2.70. The molecule has 4 unspecified atom stereocenters. The van der Waals surface area contributed by atoms with Gasteiger partial charge in [-0.1, -0.05) is 50.0 Å². The van der Waals surface area contributed by atoms with E-state index in [0.717, 1.165) is 21.3 Å². The maximum Gasteiger partial charge on any atom is 0.143 e. The molecule has 2 nitrogen and oxygen atoms in total. The van der Waals surface area contributed by atoms with Gasteiger partial charge in [0, 0.05) is 32.8 Å². The molecule has 4 bridgehead atoms. The minimum absolute atomic E-state index is 0.0886. The van der Waals surface area contributed by atoms with E-state index in [1.807, 2.05) is 0 Å². The Morgan fingerprint density at radius 1 is 0.615 bits per heavy atom. The molecule has 0 aliphatic carbocycles. The van der Waals surface area contributed by atoms with Crippen molar-refractivity contribution in [3.05, 3.63) is 43.5 Å². The number of hydrogen-bond acceptors (Lipinski definition) is 2. The largest absolute Gasteiger partial charge is 0.314 e. The van der Waals surface area contributed by atoms with Gasteiger partial charge in [-0.05, 0) is 52.2 Å². The molecule has 6 atom stereocenters. The van der Waals surface area contributed by atoms with Crippen molar-refractivity contribution in [2.24, 2.45) is 10.8 Å². The first-order valence-corrected chi connectivity index (χ1v) is 13.3. The van der Waals surface area contributed by atoms with E-state index in [9.17, 15) is 9.13 Å². The Balaban J connectivity index is 2.09. The molecule has 4 heterocycles. The highest BCUT2D eigenvalue weighted by atomic mass is 31.2. The molecule has 0 fully saturated rings. The Hall–Kier alpha value is -0.580. The molecule has 4 heteroatoms. The van der Waals surface area contributed by atoms with Crippen molar-refractivity contribution in [1.82, 2.24) is 0 Å². The van der Waals surface area contributed by atoms with Crippen LogP contribution in [0.5, 0.6) is 0 Å². The van der Waals surface area contributed by atoms with Crippen LogP contribution in [0.2, 0.25) is 0 Å². The van der Waals surface area contributed by atoms with E-state index in [4.69, 9.17) is 0 Å². The molecule has 4 rings (SSSR count). The van der Waals surface area contributed by atoms with E-state index >= 15 is 0 Å². The first-order chi connectivity index (χ1) is 11.7. The van der Waals surface area contributed by atoms with Crippen LogP contribution in [0, 0.1) is 10.8 Å². The zero-order valence-electron chi connectivity index (χ0n) is 17.9. The van der Waals surface area contributed by atoms with Crippen molar-refractivity contribution in [3.8, 4) is 0 Å². The highest BCUT2D eigenvalue weighted by molar-refractivity contribution is 7.79. The Morgan fingerprint density at radius 3 is 1.12 bits per heavy atom. The van der Waals surface area contributed by atoms with Crippen molar-refractivity contribution >= 4 is 14.3 Å². The van der Waals surface area contributed by atoms with E-state index in [1.54, 1.807) is 0 Å². The Bertz CT molecular complexity index is 937. The maximum atomic E-state index is 14.5. The number of fused-ring (bicyclic) bond motifs is 4. The molecule has 0 radical (unpaired) electrons. The second kappa shape index (κ2) is 4.69. The Morgan fingerprint density at radius 2 is 0.885 bits per heavy atom. The van der Waals surface area contributed by atoms with Crippen LogP contribution in [0.15, 0.2) is 43.5 Å². The third-order valence-corrected chi connectivity index (χ3v) is 18.1.